The van der Waals surface area contributed by atoms with Crippen LogP contribution in [0.25, 0.3) is 0 Å². The van der Waals surface area contributed by atoms with Crippen LogP contribution >= 0.6 is 0 Å². The Hall–Kier alpha value is -1.08. The van der Waals surface area contributed by atoms with Crippen molar-refractivity contribution in [1.82, 2.24) is 4.90 Å². The van der Waals surface area contributed by atoms with E-state index in [1.807, 2.05) is 6.07 Å². The highest BCUT2D eigenvalue weighted by atomic mass is 16.5. The first kappa shape index (κ1) is 16.3. The van der Waals surface area contributed by atoms with Gasteiger partial charge in [0.2, 0.25) is 0 Å². The van der Waals surface area contributed by atoms with Crippen LogP contribution in [0.4, 0.5) is 0 Å². The number of benzene rings is 1. The molecule has 6 heteroatoms. The summed E-state index contributed by atoms with van der Waals surface area (Å²) in [6.45, 7) is 3.18. The minimum Gasteiger partial charge on any atom is -0.492 e. The van der Waals surface area contributed by atoms with E-state index in [2.05, 4.69) is 11.9 Å². The van der Waals surface area contributed by atoms with E-state index in [1.165, 1.54) is 12.8 Å². The first-order valence-corrected chi connectivity index (χ1v) is 7.54. The van der Waals surface area contributed by atoms with E-state index >= 15 is 0 Å². The zero-order valence-electron chi connectivity index (χ0n) is 12.6. The number of likely N-dealkylation sites (N-methyl/N-ethyl adjacent to an activating group) is 1. The van der Waals surface area contributed by atoms with Gasteiger partial charge in [0.25, 0.3) is 0 Å². The molecule has 0 amide bonds. The quantitative estimate of drug-likeness (QED) is 0.706. The average Bonchev–Trinajstić information content (AvgIpc) is 2.48. The topological polar surface area (TPSA) is 62.2 Å². The molecule has 1 atom stereocenters. The highest BCUT2D eigenvalue weighted by Gasteiger charge is 2.16. The summed E-state index contributed by atoms with van der Waals surface area (Å²) < 4.78 is 11.4. The van der Waals surface area contributed by atoms with Crippen LogP contribution < -0.4 is 10.2 Å². The van der Waals surface area contributed by atoms with Crippen molar-refractivity contribution in [3.8, 4) is 5.75 Å². The van der Waals surface area contributed by atoms with E-state index in [4.69, 9.17) is 19.5 Å². The van der Waals surface area contributed by atoms with Crippen LogP contribution in [-0.2, 0) is 4.74 Å². The molecule has 1 fully saturated rings. The van der Waals surface area contributed by atoms with Gasteiger partial charge in [-0.1, -0.05) is 12.1 Å². The zero-order chi connectivity index (χ0) is 15.1. The number of hydrogen-bond acceptors (Lipinski definition) is 5. The van der Waals surface area contributed by atoms with E-state index in [9.17, 15) is 0 Å². The lowest BCUT2D eigenvalue weighted by Gasteiger charge is -2.27. The summed E-state index contributed by atoms with van der Waals surface area (Å²) in [5.41, 5.74) is 0.441. The maximum Gasteiger partial charge on any atom is 0.488 e. The highest BCUT2D eigenvalue weighted by molar-refractivity contribution is 6.58. The maximum atomic E-state index is 9.12. The van der Waals surface area contributed by atoms with Gasteiger partial charge in [-0.25, -0.2) is 0 Å². The van der Waals surface area contributed by atoms with Gasteiger partial charge in [-0.15, -0.1) is 0 Å². The largest absolute Gasteiger partial charge is 0.492 e. The molecule has 1 aliphatic heterocycles. The highest BCUT2D eigenvalue weighted by Crippen LogP contribution is 2.13. The molecule has 0 spiro atoms. The molecular weight excluding hydrogens is 269 g/mol. The molecule has 0 aliphatic carbocycles. The Balaban J connectivity index is 1.69. The maximum absolute atomic E-state index is 9.12. The SMILES string of the molecule is CN(CCOc1cccc(B(O)O)c1)CC1CCCCO1. The molecule has 2 N–H and O–H groups in total. The molecule has 1 aliphatic rings. The summed E-state index contributed by atoms with van der Waals surface area (Å²) in [6.07, 6.45) is 3.92. The molecule has 5 nitrogen and oxygen atoms in total. The van der Waals surface area contributed by atoms with Gasteiger partial charge in [-0.3, -0.25) is 0 Å². The van der Waals surface area contributed by atoms with Gasteiger partial charge in [0.15, 0.2) is 0 Å². The number of nitrogens with zero attached hydrogens (tertiary/aromatic N) is 1. The molecular formula is C15H24BNO4. The fraction of sp³-hybridized carbons (Fsp3) is 0.600. The van der Waals surface area contributed by atoms with Crippen molar-refractivity contribution in [2.24, 2.45) is 0 Å². The molecule has 0 saturated carbocycles. The lowest BCUT2D eigenvalue weighted by Crippen LogP contribution is -2.35. The third-order valence-corrected chi connectivity index (χ3v) is 3.69. The molecule has 1 unspecified atom stereocenters. The second-order valence-corrected chi connectivity index (χ2v) is 5.55. The van der Waals surface area contributed by atoms with Crippen molar-refractivity contribution in [1.29, 1.82) is 0 Å². The minimum absolute atomic E-state index is 0.344. The molecule has 2 rings (SSSR count). The standard InChI is InChI=1S/C15H24BNO4/c1-17(12-15-6-2-3-9-20-15)8-10-21-14-7-4-5-13(11-14)16(18)19/h4-5,7,11,15,18-19H,2-3,6,8-10,12H2,1H3. The molecule has 1 saturated heterocycles. The van der Waals surface area contributed by atoms with Crippen LogP contribution in [-0.4, -0.2) is 61.5 Å². The summed E-state index contributed by atoms with van der Waals surface area (Å²) in [7, 11) is 0.606. The number of ether oxygens (including phenoxy) is 2. The smallest absolute Gasteiger partial charge is 0.488 e. The third-order valence-electron chi connectivity index (χ3n) is 3.69. The number of hydrogen-bond donors (Lipinski definition) is 2. The lowest BCUT2D eigenvalue weighted by molar-refractivity contribution is -0.00282. The molecule has 21 heavy (non-hydrogen) atoms. The van der Waals surface area contributed by atoms with E-state index in [1.54, 1.807) is 18.2 Å². The van der Waals surface area contributed by atoms with Crippen molar-refractivity contribution in [3.63, 3.8) is 0 Å². The molecule has 116 valence electrons. The summed E-state index contributed by atoms with van der Waals surface area (Å²) in [6, 6.07) is 6.87. The van der Waals surface area contributed by atoms with Gasteiger partial charge in [-0.05, 0) is 43.9 Å². The minimum atomic E-state index is -1.46. The normalized spacial score (nSPS) is 18.8. The second kappa shape index (κ2) is 8.39. The molecule has 0 radical (unpaired) electrons. The van der Waals surface area contributed by atoms with Gasteiger partial charge in [0.1, 0.15) is 12.4 Å². The van der Waals surface area contributed by atoms with Crippen molar-refractivity contribution >= 4 is 12.6 Å². The van der Waals surface area contributed by atoms with Crippen LogP contribution in [0.5, 0.6) is 5.75 Å². The Bertz CT molecular complexity index is 424. The molecule has 1 heterocycles. The Labute approximate surface area is 126 Å². The van der Waals surface area contributed by atoms with Gasteiger partial charge < -0.3 is 24.4 Å². The zero-order valence-corrected chi connectivity index (χ0v) is 12.6. The third kappa shape index (κ3) is 5.67. The summed E-state index contributed by atoms with van der Waals surface area (Å²) in [5.74, 6) is 0.655. The second-order valence-electron chi connectivity index (χ2n) is 5.55. The van der Waals surface area contributed by atoms with E-state index < -0.39 is 7.12 Å². The van der Waals surface area contributed by atoms with Crippen LogP contribution in [0.15, 0.2) is 24.3 Å². The predicted octanol–water partition coefficient (Wildman–Crippen LogP) is 0.246. The van der Waals surface area contributed by atoms with Gasteiger partial charge in [-0.2, -0.15) is 0 Å². The summed E-state index contributed by atoms with van der Waals surface area (Å²) in [5, 5.41) is 18.2. The molecule has 0 aromatic heterocycles. The summed E-state index contributed by atoms with van der Waals surface area (Å²) >= 11 is 0. The Morgan fingerprint density at radius 1 is 1.38 bits per heavy atom. The average molecular weight is 293 g/mol. The molecule has 0 bridgehead atoms. The van der Waals surface area contributed by atoms with Crippen molar-refractivity contribution in [2.75, 3.05) is 33.4 Å². The van der Waals surface area contributed by atoms with Crippen LogP contribution in [0.1, 0.15) is 19.3 Å². The van der Waals surface area contributed by atoms with Crippen LogP contribution in [0.2, 0.25) is 0 Å². The van der Waals surface area contributed by atoms with Gasteiger partial charge in [0, 0.05) is 19.7 Å². The Kier molecular flexibility index (Phi) is 6.51. The first-order chi connectivity index (χ1) is 10.1. The van der Waals surface area contributed by atoms with E-state index in [-0.39, 0.29) is 0 Å². The van der Waals surface area contributed by atoms with E-state index in [0.717, 1.165) is 26.1 Å². The van der Waals surface area contributed by atoms with E-state index in [0.29, 0.717) is 23.9 Å². The fourth-order valence-electron chi connectivity index (χ4n) is 2.47. The van der Waals surface area contributed by atoms with Gasteiger partial charge >= 0.3 is 7.12 Å². The molecule has 1 aromatic rings. The van der Waals surface area contributed by atoms with Crippen molar-refractivity contribution in [2.45, 2.75) is 25.4 Å². The van der Waals surface area contributed by atoms with Crippen molar-refractivity contribution in [3.05, 3.63) is 24.3 Å². The number of rotatable bonds is 7. The summed E-state index contributed by atoms with van der Waals surface area (Å²) in [4.78, 5) is 2.21. The predicted molar refractivity (Wildman–Crippen MR) is 82.9 cm³/mol. The van der Waals surface area contributed by atoms with Crippen molar-refractivity contribution < 1.29 is 19.5 Å². The lowest BCUT2D eigenvalue weighted by atomic mass is 9.80. The molecule has 1 aromatic carbocycles. The monoisotopic (exact) mass is 293 g/mol. The van der Waals surface area contributed by atoms with Gasteiger partial charge in [0.05, 0.1) is 6.10 Å². The first-order valence-electron chi connectivity index (χ1n) is 7.54. The Morgan fingerprint density at radius 2 is 2.24 bits per heavy atom. The fourth-order valence-corrected chi connectivity index (χ4v) is 2.47. The van der Waals surface area contributed by atoms with Crippen LogP contribution in [0, 0.1) is 0 Å². The van der Waals surface area contributed by atoms with Crippen LogP contribution in [0.3, 0.4) is 0 Å². The Morgan fingerprint density at radius 3 is 2.95 bits per heavy atom.